The van der Waals surface area contributed by atoms with Crippen LogP contribution in [0.3, 0.4) is 0 Å². The van der Waals surface area contributed by atoms with Crippen molar-refractivity contribution in [3.05, 3.63) is 29.0 Å². The minimum Gasteiger partial charge on any atom is -0.475 e. The number of alkyl halides is 6. The van der Waals surface area contributed by atoms with Crippen LogP contribution in [0.15, 0.2) is 29.0 Å². The molecule has 0 radical (unpaired) electrons. The van der Waals surface area contributed by atoms with Gasteiger partial charge in [0.05, 0.1) is 11.2 Å². The van der Waals surface area contributed by atoms with Crippen LogP contribution >= 0.6 is 15.9 Å². The monoisotopic (exact) mass is 505 g/mol. The fourth-order valence-corrected chi connectivity index (χ4v) is 2.00. The topological polar surface area (TPSA) is 158 Å². The van der Waals surface area contributed by atoms with Crippen molar-refractivity contribution in [2.24, 2.45) is 0 Å². The van der Waals surface area contributed by atoms with Gasteiger partial charge in [0.2, 0.25) is 0 Å². The highest BCUT2D eigenvalue weighted by atomic mass is 79.9. The van der Waals surface area contributed by atoms with Gasteiger partial charge in [0.1, 0.15) is 11.2 Å². The van der Waals surface area contributed by atoms with Crippen molar-refractivity contribution in [3.63, 3.8) is 0 Å². The summed E-state index contributed by atoms with van der Waals surface area (Å²) in [6.45, 7) is 0. The predicted octanol–water partition coefficient (Wildman–Crippen LogP) is 3.56. The summed E-state index contributed by atoms with van der Waals surface area (Å²) < 4.78 is 64.4. The molecule has 0 aliphatic rings. The molecular formula is C14H10BrF6N5O4. The standard InChI is InChI=1S/C10H8BrN5.2C2HF3O2/c11-5-3-7(14-4-5)8-9-6(1-2-13-8)15-10(12)16-9;2*3-2(4,5)1(6)7/h1-4,14H,(H3,12,15,16);2*(H,6,7). The van der Waals surface area contributed by atoms with Crippen molar-refractivity contribution in [1.29, 1.82) is 0 Å². The summed E-state index contributed by atoms with van der Waals surface area (Å²) in [6.07, 6.45) is -6.59. The lowest BCUT2D eigenvalue weighted by Gasteiger charge is -1.97. The molecule has 0 saturated heterocycles. The number of aromatic nitrogens is 4. The van der Waals surface area contributed by atoms with Gasteiger partial charge < -0.3 is 25.9 Å². The van der Waals surface area contributed by atoms with Crippen LogP contribution < -0.4 is 5.73 Å². The van der Waals surface area contributed by atoms with E-state index in [2.05, 4.69) is 35.9 Å². The van der Waals surface area contributed by atoms with Crippen molar-refractivity contribution in [1.82, 2.24) is 19.9 Å². The number of nitrogen functional groups attached to an aromatic ring is 1. The van der Waals surface area contributed by atoms with Gasteiger partial charge in [-0.3, -0.25) is 4.98 Å². The van der Waals surface area contributed by atoms with Gasteiger partial charge in [0.15, 0.2) is 5.95 Å². The molecule has 0 aromatic carbocycles. The Bertz CT molecular complexity index is 1010. The molecule has 0 atom stereocenters. The summed E-state index contributed by atoms with van der Waals surface area (Å²) in [5.41, 5.74) is 8.98. The Kier molecular flexibility index (Phi) is 7.80. The molecule has 3 aromatic rings. The van der Waals surface area contributed by atoms with Gasteiger partial charge in [0, 0.05) is 16.9 Å². The Morgan fingerprint density at radius 1 is 1.07 bits per heavy atom. The molecule has 30 heavy (non-hydrogen) atoms. The van der Waals surface area contributed by atoms with Crippen molar-refractivity contribution in [2.45, 2.75) is 12.4 Å². The van der Waals surface area contributed by atoms with E-state index in [0.29, 0.717) is 5.95 Å². The molecule has 0 aliphatic carbocycles. The van der Waals surface area contributed by atoms with Gasteiger partial charge in [-0.05, 0) is 28.1 Å². The lowest BCUT2D eigenvalue weighted by atomic mass is 10.2. The molecule has 164 valence electrons. The number of rotatable bonds is 1. The summed E-state index contributed by atoms with van der Waals surface area (Å²) >= 11 is 3.39. The van der Waals surface area contributed by atoms with E-state index >= 15 is 0 Å². The van der Waals surface area contributed by atoms with Crippen molar-refractivity contribution >= 4 is 44.9 Å². The Morgan fingerprint density at radius 2 is 1.57 bits per heavy atom. The third-order valence-corrected chi connectivity index (χ3v) is 3.26. The SMILES string of the molecule is Nc1nc2c(-c3cc(Br)c[nH]3)nccc2[nH]1.O=C(O)C(F)(F)F.O=C(O)C(F)(F)F. The van der Waals surface area contributed by atoms with Crippen LogP contribution in [-0.4, -0.2) is 54.4 Å². The summed E-state index contributed by atoms with van der Waals surface area (Å²) in [4.78, 5) is 32.4. The van der Waals surface area contributed by atoms with E-state index in [1.807, 2.05) is 18.3 Å². The number of imidazole rings is 1. The van der Waals surface area contributed by atoms with Gasteiger partial charge >= 0.3 is 24.3 Å². The quantitative estimate of drug-likeness (QED) is 0.316. The van der Waals surface area contributed by atoms with Crippen molar-refractivity contribution in [3.8, 4) is 11.4 Å². The highest BCUT2D eigenvalue weighted by Crippen LogP contribution is 2.26. The molecule has 0 amide bonds. The number of aromatic amines is 2. The van der Waals surface area contributed by atoms with E-state index in [1.165, 1.54) is 0 Å². The maximum absolute atomic E-state index is 10.6. The van der Waals surface area contributed by atoms with Crippen molar-refractivity contribution in [2.75, 3.05) is 5.73 Å². The third kappa shape index (κ3) is 7.26. The fraction of sp³-hybridized carbons (Fsp3) is 0.143. The number of nitrogens with zero attached hydrogens (tertiary/aromatic N) is 2. The van der Waals surface area contributed by atoms with Crippen LogP contribution in [0.2, 0.25) is 0 Å². The molecule has 0 spiro atoms. The number of fused-ring (bicyclic) bond motifs is 1. The van der Waals surface area contributed by atoms with Gasteiger partial charge in [-0.15, -0.1) is 0 Å². The average molecular weight is 506 g/mol. The number of hydrogen-bond donors (Lipinski definition) is 5. The van der Waals surface area contributed by atoms with E-state index in [4.69, 9.17) is 25.5 Å². The first-order valence-electron chi connectivity index (χ1n) is 7.17. The van der Waals surface area contributed by atoms with Gasteiger partial charge in [-0.2, -0.15) is 26.3 Å². The summed E-state index contributed by atoms with van der Waals surface area (Å²) in [6, 6.07) is 3.80. The molecule has 0 fully saturated rings. The van der Waals surface area contributed by atoms with E-state index in [0.717, 1.165) is 26.9 Å². The highest BCUT2D eigenvalue weighted by molar-refractivity contribution is 9.10. The van der Waals surface area contributed by atoms with Crippen LogP contribution in [0.5, 0.6) is 0 Å². The number of anilines is 1. The van der Waals surface area contributed by atoms with Gasteiger partial charge in [-0.25, -0.2) is 14.6 Å². The first kappa shape index (κ1) is 24.7. The number of halogens is 7. The van der Waals surface area contributed by atoms with Crippen LogP contribution in [0, 0.1) is 0 Å². The number of aliphatic carboxylic acids is 2. The molecule has 6 N–H and O–H groups in total. The smallest absolute Gasteiger partial charge is 0.475 e. The van der Waals surface area contributed by atoms with Crippen LogP contribution in [0.1, 0.15) is 0 Å². The van der Waals surface area contributed by atoms with Crippen LogP contribution in [0.25, 0.3) is 22.4 Å². The third-order valence-electron chi connectivity index (χ3n) is 2.81. The van der Waals surface area contributed by atoms with E-state index < -0.39 is 24.3 Å². The Balaban J connectivity index is 0.000000271. The Morgan fingerprint density at radius 3 is 1.97 bits per heavy atom. The number of hydrogen-bond acceptors (Lipinski definition) is 5. The maximum atomic E-state index is 10.6. The highest BCUT2D eigenvalue weighted by Gasteiger charge is 2.38. The molecule has 9 nitrogen and oxygen atoms in total. The minimum absolute atomic E-state index is 0.398. The Labute approximate surface area is 170 Å². The number of H-pyrrole nitrogens is 2. The average Bonchev–Trinajstić information content (AvgIpc) is 3.18. The zero-order chi connectivity index (χ0) is 23.3. The molecule has 3 rings (SSSR count). The van der Waals surface area contributed by atoms with E-state index in [-0.39, 0.29) is 0 Å². The predicted molar refractivity (Wildman–Crippen MR) is 93.2 cm³/mol. The number of carboxylic acids is 2. The first-order valence-corrected chi connectivity index (χ1v) is 7.97. The summed E-state index contributed by atoms with van der Waals surface area (Å²) in [5, 5.41) is 14.2. The second-order valence-corrected chi connectivity index (χ2v) is 5.93. The number of pyridine rings is 1. The fourth-order valence-electron chi connectivity index (χ4n) is 1.66. The molecule has 0 unspecified atom stereocenters. The number of nitrogens with one attached hydrogen (secondary N) is 2. The van der Waals surface area contributed by atoms with Crippen LogP contribution in [-0.2, 0) is 9.59 Å². The molecule has 0 aliphatic heterocycles. The zero-order valence-electron chi connectivity index (χ0n) is 14.1. The number of carbonyl (C=O) groups is 2. The molecule has 16 heteroatoms. The number of carboxylic acid groups (broad SMARTS) is 2. The molecular weight excluding hydrogens is 496 g/mol. The van der Waals surface area contributed by atoms with E-state index in [9.17, 15) is 26.3 Å². The molecule has 3 heterocycles. The van der Waals surface area contributed by atoms with Gasteiger partial charge in [0.25, 0.3) is 0 Å². The maximum Gasteiger partial charge on any atom is 0.490 e. The summed E-state index contributed by atoms with van der Waals surface area (Å²) in [7, 11) is 0. The number of nitrogens with two attached hydrogens (primary N) is 1. The largest absolute Gasteiger partial charge is 0.490 e. The minimum atomic E-state index is -5.08. The Hall–Kier alpha value is -3.30. The lowest BCUT2D eigenvalue weighted by Crippen LogP contribution is -2.21. The summed E-state index contributed by atoms with van der Waals surface area (Å²) in [5.74, 6) is -5.12. The van der Waals surface area contributed by atoms with Gasteiger partial charge in [-0.1, -0.05) is 0 Å². The van der Waals surface area contributed by atoms with Crippen molar-refractivity contribution < 1.29 is 46.1 Å². The van der Waals surface area contributed by atoms with Crippen LogP contribution in [0.4, 0.5) is 32.3 Å². The zero-order valence-corrected chi connectivity index (χ0v) is 15.7. The molecule has 3 aromatic heterocycles. The lowest BCUT2D eigenvalue weighted by molar-refractivity contribution is -0.193. The second kappa shape index (κ2) is 9.47. The second-order valence-electron chi connectivity index (χ2n) is 5.02. The first-order chi connectivity index (χ1) is 13.6. The van der Waals surface area contributed by atoms with E-state index in [1.54, 1.807) is 6.20 Å². The normalized spacial score (nSPS) is 11.2. The molecule has 0 bridgehead atoms. The molecule has 0 saturated carbocycles.